The Morgan fingerprint density at radius 2 is 0.595 bits per heavy atom. The van der Waals surface area contributed by atoms with Gasteiger partial charge in [0.05, 0.1) is 45.2 Å². The van der Waals surface area contributed by atoms with Crippen LogP contribution in [0.1, 0.15) is 42.5 Å². The molecule has 0 spiro atoms. The van der Waals surface area contributed by atoms with Gasteiger partial charge in [0, 0.05) is 82.2 Å². The van der Waals surface area contributed by atoms with Crippen LogP contribution in [0.5, 0.6) is 0 Å². The average Bonchev–Trinajstić information content (AvgIpc) is 1.51. The molecule has 19 aromatic carbocycles. The van der Waals surface area contributed by atoms with Crippen molar-refractivity contribution in [3.63, 3.8) is 0 Å². The molecule has 0 N–H and O–H groups in total. The van der Waals surface area contributed by atoms with Gasteiger partial charge in [-0.1, -0.05) is 420 Å². The van der Waals surface area contributed by atoms with Crippen molar-refractivity contribution in [2.24, 2.45) is 0 Å². The Hall–Kier alpha value is -16.8. The van der Waals surface area contributed by atoms with E-state index in [1.54, 1.807) is 0 Å². The summed E-state index contributed by atoms with van der Waals surface area (Å²) in [6.45, 7) is 4.67. The van der Waals surface area contributed by atoms with E-state index < -0.39 is 0 Å². The summed E-state index contributed by atoms with van der Waals surface area (Å²) in [5.41, 5.74) is 35.9. The normalized spacial score (nSPS) is 12.5. The Bertz CT molecular complexity index is 8480. The van der Waals surface area contributed by atoms with E-state index in [1.807, 2.05) is 18.2 Å². The number of hydrogen-bond donors (Lipinski definition) is 0. The smallest absolute Gasteiger partial charge is 0.161 e. The molecule has 0 unspecified atom stereocenters. The lowest BCUT2D eigenvalue weighted by Crippen LogP contribution is -2.14. The van der Waals surface area contributed by atoms with Gasteiger partial charge in [-0.15, -0.1) is 0 Å². The lowest BCUT2D eigenvalue weighted by Gasteiger charge is -2.22. The first-order chi connectivity index (χ1) is 64.7. The van der Waals surface area contributed by atoms with Crippen molar-refractivity contribution in [2.75, 3.05) is 0 Å². The molecular weight excluding hydrogens is 1590 g/mol. The minimum Gasteiger partial charge on any atom is -0.247 e. The van der Waals surface area contributed by atoms with Crippen LogP contribution in [0.25, 0.3) is 239 Å². The highest BCUT2D eigenvalue weighted by molar-refractivity contribution is 6.19. The first-order valence-electron chi connectivity index (χ1n) is 45.2. The Balaban J connectivity index is 0.000000145. The summed E-state index contributed by atoms with van der Waals surface area (Å²) in [5, 5.41) is 14.3. The number of aromatic nitrogens is 6. The SMILES string of the molecule is C1=Cc2c(cc(-c3cc(-c4ccc(-c5ccc(-c6cccc7c(-c8ccccc8)nc8ccccc8c67)cc5)cc4)nc(-c4cc5ccccc5c5ccccc45)n3)c3ccccc23)CC1.CC1(C)c2ccccc2-c2ccc(-c3ccc(-c4cc(-c5ccc(-c6ccc(-c7cccc8c(-c9ccccc9)nc9ccccc9c78)cc6)cc5)nc(-c5ccccc5)n4)cc3)cc21. The van der Waals surface area contributed by atoms with Crippen LogP contribution in [0.4, 0.5) is 0 Å². The molecule has 0 fully saturated rings. The quantitative estimate of drug-likeness (QED) is 0.107. The summed E-state index contributed by atoms with van der Waals surface area (Å²) in [7, 11) is 0. The lowest BCUT2D eigenvalue weighted by molar-refractivity contribution is 0.660. The molecule has 6 heteroatoms. The van der Waals surface area contributed by atoms with Crippen molar-refractivity contribution in [1.82, 2.24) is 29.9 Å². The van der Waals surface area contributed by atoms with Gasteiger partial charge in [-0.3, -0.25) is 0 Å². The van der Waals surface area contributed by atoms with Crippen molar-refractivity contribution >= 4 is 81.7 Å². The van der Waals surface area contributed by atoms with Crippen molar-refractivity contribution < 1.29 is 0 Å². The fourth-order valence-corrected chi connectivity index (χ4v) is 20.3. The second-order valence-corrected chi connectivity index (χ2v) is 34.9. The number of para-hydroxylation sites is 2. The zero-order valence-corrected chi connectivity index (χ0v) is 72.3. The van der Waals surface area contributed by atoms with Gasteiger partial charge >= 0.3 is 0 Å². The summed E-state index contributed by atoms with van der Waals surface area (Å²) >= 11 is 0. The average molecular weight is 1670 g/mol. The number of rotatable bonds is 13. The molecule has 0 saturated carbocycles. The lowest BCUT2D eigenvalue weighted by atomic mass is 9.81. The fraction of sp³-hybridized carbons (Fsp3) is 0.0400. The Kier molecular flexibility index (Phi) is 19.3. The maximum absolute atomic E-state index is 5.48. The third kappa shape index (κ3) is 14.1. The molecule has 23 aromatic rings. The number of allylic oxidation sites excluding steroid dienone is 1. The van der Waals surface area contributed by atoms with E-state index in [9.17, 15) is 0 Å². The zero-order chi connectivity index (χ0) is 87.0. The Labute approximate surface area is 760 Å². The van der Waals surface area contributed by atoms with Crippen LogP contribution in [0.3, 0.4) is 0 Å². The molecule has 2 aliphatic rings. The number of fused-ring (bicyclic) bond motifs is 15. The van der Waals surface area contributed by atoms with Crippen LogP contribution in [0.2, 0.25) is 0 Å². The molecule has 25 rings (SSSR count). The zero-order valence-electron chi connectivity index (χ0n) is 72.3. The monoisotopic (exact) mass is 1670 g/mol. The van der Waals surface area contributed by atoms with Gasteiger partial charge in [0.2, 0.25) is 0 Å². The maximum atomic E-state index is 5.48. The minimum absolute atomic E-state index is 0.0451. The highest BCUT2D eigenvalue weighted by atomic mass is 14.9. The van der Waals surface area contributed by atoms with Gasteiger partial charge in [0.1, 0.15) is 0 Å². The van der Waals surface area contributed by atoms with E-state index in [2.05, 4.69) is 445 Å². The topological polar surface area (TPSA) is 77.3 Å². The maximum Gasteiger partial charge on any atom is 0.161 e. The molecule has 0 aliphatic heterocycles. The van der Waals surface area contributed by atoms with Gasteiger partial charge < -0.3 is 0 Å². The molecule has 6 nitrogen and oxygen atoms in total. The minimum atomic E-state index is -0.0451. The molecule has 2 aliphatic carbocycles. The highest BCUT2D eigenvalue weighted by Gasteiger charge is 2.35. The van der Waals surface area contributed by atoms with E-state index in [1.165, 1.54) is 104 Å². The summed E-state index contributed by atoms with van der Waals surface area (Å²) in [5.74, 6) is 1.42. The van der Waals surface area contributed by atoms with E-state index in [-0.39, 0.29) is 5.41 Å². The van der Waals surface area contributed by atoms with Gasteiger partial charge in [-0.25, -0.2) is 29.9 Å². The number of aryl methyl sites for hydroxylation is 1. The first kappa shape index (κ1) is 77.7. The predicted octanol–water partition coefficient (Wildman–Crippen LogP) is 32.8. The Morgan fingerprint density at radius 1 is 0.214 bits per heavy atom. The van der Waals surface area contributed by atoms with Crippen LogP contribution in [-0.2, 0) is 11.8 Å². The van der Waals surface area contributed by atoms with E-state index in [0.717, 1.165) is 158 Å². The van der Waals surface area contributed by atoms with Crippen LogP contribution in [0.15, 0.2) is 443 Å². The molecule has 0 bridgehead atoms. The third-order valence-corrected chi connectivity index (χ3v) is 26.9. The Morgan fingerprint density at radius 3 is 1.14 bits per heavy atom. The largest absolute Gasteiger partial charge is 0.247 e. The van der Waals surface area contributed by atoms with Gasteiger partial charge in [-0.05, 0) is 177 Å². The highest BCUT2D eigenvalue weighted by Crippen LogP contribution is 2.51. The number of hydrogen-bond acceptors (Lipinski definition) is 6. The number of nitrogens with zero attached hydrogens (tertiary/aromatic N) is 6. The molecule has 0 amide bonds. The molecule has 614 valence electrons. The van der Waals surface area contributed by atoms with Crippen LogP contribution < -0.4 is 0 Å². The molecular formula is C125H84N6. The second kappa shape index (κ2) is 32.6. The van der Waals surface area contributed by atoms with Crippen LogP contribution in [-0.4, -0.2) is 29.9 Å². The van der Waals surface area contributed by atoms with Crippen molar-refractivity contribution in [2.45, 2.75) is 32.1 Å². The fourth-order valence-electron chi connectivity index (χ4n) is 20.3. The van der Waals surface area contributed by atoms with Crippen molar-refractivity contribution in [3.05, 3.63) is 465 Å². The van der Waals surface area contributed by atoms with E-state index in [4.69, 9.17) is 29.9 Å². The van der Waals surface area contributed by atoms with Crippen molar-refractivity contribution in [3.8, 4) is 157 Å². The third-order valence-electron chi connectivity index (χ3n) is 26.9. The number of benzene rings is 19. The van der Waals surface area contributed by atoms with E-state index >= 15 is 0 Å². The summed E-state index contributed by atoms with van der Waals surface area (Å²) in [6, 6.07) is 157. The molecule has 4 aromatic heterocycles. The van der Waals surface area contributed by atoms with Gasteiger partial charge in [-0.2, -0.15) is 0 Å². The summed E-state index contributed by atoms with van der Waals surface area (Å²) < 4.78 is 0. The second-order valence-electron chi connectivity index (χ2n) is 34.9. The predicted molar refractivity (Wildman–Crippen MR) is 548 cm³/mol. The van der Waals surface area contributed by atoms with Crippen LogP contribution in [0, 0.1) is 0 Å². The molecule has 0 radical (unpaired) electrons. The van der Waals surface area contributed by atoms with E-state index in [0.29, 0.717) is 5.82 Å². The molecule has 0 saturated heterocycles. The number of pyridine rings is 2. The summed E-state index contributed by atoms with van der Waals surface area (Å²) in [6.07, 6.45) is 6.64. The summed E-state index contributed by atoms with van der Waals surface area (Å²) in [4.78, 5) is 31.5. The molecule has 0 atom stereocenters. The first-order valence-corrected chi connectivity index (χ1v) is 45.2. The van der Waals surface area contributed by atoms with Crippen LogP contribution >= 0.6 is 0 Å². The van der Waals surface area contributed by atoms with Gasteiger partial charge in [0.15, 0.2) is 11.6 Å². The standard InChI is InChI=1S/C63H41N3.C62H43N3/c1-2-15-44(16-3-1)62-55-27-14-26-49(61(55)54-25-12-13-28-58(54)64-62)42-33-29-40(30-34-42)41-31-35-43(36-32-41)59-39-60(56-37-45-17-4-6-19-47(45)50-21-8-10-23-52(50)56)66-63(65-59)57-38-46-18-5-7-20-48(46)51-22-9-11-24-53(51)57;1-62(2)54-22-11-9-18-50(54)51-37-36-48(38-55(51)62)42-28-34-45(35-29-42)58-39-57(64-61(65-58)47-16-7-4-8-17-47)44-32-26-41(27-33-44)40-24-30-43(31-25-40)49-20-13-21-53-59(49)52-19-10-12-23-56(52)63-60(53)46-14-5-3-6-15-46/h1-3,5-16,18-39H,4,17H2;3-39H,1-2H3. The molecule has 4 heterocycles. The van der Waals surface area contributed by atoms with Gasteiger partial charge in [0.25, 0.3) is 0 Å². The van der Waals surface area contributed by atoms with Crippen molar-refractivity contribution in [1.29, 1.82) is 0 Å². The molecule has 131 heavy (non-hydrogen) atoms.